The molecule has 22 heavy (non-hydrogen) atoms. The molecule has 0 fully saturated rings. The minimum Gasteiger partial charge on any atom is -0.496 e. The van der Waals surface area contributed by atoms with E-state index in [0.717, 1.165) is 5.56 Å². The summed E-state index contributed by atoms with van der Waals surface area (Å²) >= 11 is 6.05. The van der Waals surface area contributed by atoms with E-state index in [1.54, 1.807) is 12.1 Å². The van der Waals surface area contributed by atoms with E-state index in [0.29, 0.717) is 16.3 Å². The van der Waals surface area contributed by atoms with E-state index < -0.39 is 15.7 Å². The summed E-state index contributed by atoms with van der Waals surface area (Å²) < 4.78 is 17.5. The van der Waals surface area contributed by atoms with Gasteiger partial charge in [0.1, 0.15) is 5.75 Å². The number of hydrogen-bond donors (Lipinski definition) is 0. The Labute approximate surface area is 135 Å². The van der Waals surface area contributed by atoms with Crippen molar-refractivity contribution in [2.24, 2.45) is 0 Å². The van der Waals surface area contributed by atoms with Crippen molar-refractivity contribution in [3.8, 4) is 5.75 Å². The Morgan fingerprint density at radius 2 is 1.86 bits per heavy atom. The van der Waals surface area contributed by atoms with Gasteiger partial charge in [-0.3, -0.25) is 14.3 Å². The first kappa shape index (κ1) is 16.5. The summed E-state index contributed by atoms with van der Waals surface area (Å²) in [6, 6.07) is 11.4. The van der Waals surface area contributed by atoms with Gasteiger partial charge in [0, 0.05) is 33.5 Å². The van der Waals surface area contributed by atoms with E-state index in [1.165, 1.54) is 25.3 Å². The van der Waals surface area contributed by atoms with Gasteiger partial charge in [-0.2, -0.15) is 0 Å². The van der Waals surface area contributed by atoms with Crippen molar-refractivity contribution in [3.63, 3.8) is 0 Å². The molecule has 0 heterocycles. The van der Waals surface area contributed by atoms with E-state index in [9.17, 15) is 14.3 Å². The van der Waals surface area contributed by atoms with Crippen LogP contribution in [0.15, 0.2) is 42.5 Å². The Balaban J connectivity index is 2.19. The van der Waals surface area contributed by atoms with Gasteiger partial charge in [0.15, 0.2) is 0 Å². The number of nitro benzene ring substituents is 1. The van der Waals surface area contributed by atoms with Gasteiger partial charge in [-0.25, -0.2) is 0 Å². The van der Waals surface area contributed by atoms with Gasteiger partial charge in [0.2, 0.25) is 0 Å². The largest absolute Gasteiger partial charge is 0.496 e. The summed E-state index contributed by atoms with van der Waals surface area (Å²) in [5.41, 5.74) is 1.28. The van der Waals surface area contributed by atoms with E-state index in [2.05, 4.69) is 0 Å². The Morgan fingerprint density at radius 1 is 1.18 bits per heavy atom. The fourth-order valence-corrected chi connectivity index (χ4v) is 3.56. The molecule has 0 aliphatic rings. The predicted molar refractivity (Wildman–Crippen MR) is 86.7 cm³/mol. The minimum atomic E-state index is -1.25. The number of hydrogen-bond acceptors (Lipinski definition) is 4. The average Bonchev–Trinajstić information content (AvgIpc) is 2.49. The first-order chi connectivity index (χ1) is 10.5. The first-order valence-electron chi connectivity index (χ1n) is 6.41. The van der Waals surface area contributed by atoms with Crippen molar-refractivity contribution in [3.05, 3.63) is 68.7 Å². The number of benzene rings is 2. The highest BCUT2D eigenvalue weighted by Gasteiger charge is 2.14. The molecule has 5 nitrogen and oxygen atoms in total. The van der Waals surface area contributed by atoms with Crippen molar-refractivity contribution in [2.75, 3.05) is 7.11 Å². The SMILES string of the molecule is COc1ccc([N+](=O)[O-])cc1CS(=O)Cc1ccccc1Cl. The zero-order valence-electron chi connectivity index (χ0n) is 11.8. The van der Waals surface area contributed by atoms with Crippen LogP contribution in [0.5, 0.6) is 5.75 Å². The third-order valence-corrected chi connectivity index (χ3v) is 4.70. The number of rotatable bonds is 6. The molecular formula is C15H14ClNO4S. The Hall–Kier alpha value is -1.92. The Morgan fingerprint density at radius 3 is 2.50 bits per heavy atom. The maximum absolute atomic E-state index is 12.3. The minimum absolute atomic E-state index is 0.0504. The van der Waals surface area contributed by atoms with Gasteiger partial charge in [0.25, 0.3) is 5.69 Å². The lowest BCUT2D eigenvalue weighted by Crippen LogP contribution is -2.03. The lowest BCUT2D eigenvalue weighted by atomic mass is 10.2. The standard InChI is InChI=1S/C15H14ClNO4S/c1-21-15-7-6-13(17(18)19)8-12(15)10-22(20)9-11-4-2-3-5-14(11)16/h2-8H,9-10H2,1H3. The summed E-state index contributed by atoms with van der Waals surface area (Å²) in [6.45, 7) is 0. The number of methoxy groups -OCH3 is 1. The van der Waals surface area contributed by atoms with Crippen LogP contribution >= 0.6 is 11.6 Å². The van der Waals surface area contributed by atoms with Crippen molar-refractivity contribution in [1.82, 2.24) is 0 Å². The normalized spacial score (nSPS) is 11.9. The molecule has 0 spiro atoms. The second kappa shape index (κ2) is 7.38. The first-order valence-corrected chi connectivity index (χ1v) is 8.27. The van der Waals surface area contributed by atoms with Crippen LogP contribution in [0.25, 0.3) is 0 Å². The third kappa shape index (κ3) is 4.05. The molecule has 2 aromatic rings. The lowest BCUT2D eigenvalue weighted by molar-refractivity contribution is -0.384. The molecule has 0 radical (unpaired) electrons. The smallest absolute Gasteiger partial charge is 0.270 e. The van der Waals surface area contributed by atoms with Crippen molar-refractivity contribution >= 4 is 28.1 Å². The molecule has 7 heteroatoms. The molecule has 0 saturated carbocycles. The molecule has 2 rings (SSSR count). The molecule has 0 saturated heterocycles. The molecule has 0 N–H and O–H groups in total. The summed E-state index contributed by atoms with van der Waals surface area (Å²) in [6.07, 6.45) is 0. The molecule has 1 unspecified atom stereocenters. The van der Waals surface area contributed by atoms with Crippen LogP contribution in [0.1, 0.15) is 11.1 Å². The van der Waals surface area contributed by atoms with Crippen LogP contribution in [0.3, 0.4) is 0 Å². The molecule has 0 aliphatic carbocycles. The van der Waals surface area contributed by atoms with Crippen molar-refractivity contribution < 1.29 is 13.9 Å². The number of halogens is 1. The predicted octanol–water partition coefficient (Wildman–Crippen LogP) is 3.71. The third-order valence-electron chi connectivity index (χ3n) is 3.07. The Bertz CT molecular complexity index is 720. The lowest BCUT2D eigenvalue weighted by Gasteiger charge is -2.09. The number of ether oxygens (including phenoxy) is 1. The number of nitro groups is 1. The van der Waals surface area contributed by atoms with Gasteiger partial charge >= 0.3 is 0 Å². The highest BCUT2D eigenvalue weighted by Crippen LogP contribution is 2.26. The topological polar surface area (TPSA) is 69.4 Å². The second-order valence-electron chi connectivity index (χ2n) is 4.57. The van der Waals surface area contributed by atoms with Crippen LogP contribution in [0, 0.1) is 10.1 Å². The van der Waals surface area contributed by atoms with Gasteiger partial charge < -0.3 is 4.74 Å². The molecule has 0 amide bonds. The molecule has 0 aromatic heterocycles. The van der Waals surface area contributed by atoms with Crippen molar-refractivity contribution in [2.45, 2.75) is 11.5 Å². The summed E-state index contributed by atoms with van der Waals surface area (Å²) in [4.78, 5) is 10.4. The van der Waals surface area contributed by atoms with Crippen molar-refractivity contribution in [1.29, 1.82) is 0 Å². The van der Waals surface area contributed by atoms with E-state index >= 15 is 0 Å². The molecule has 0 bridgehead atoms. The van der Waals surface area contributed by atoms with Gasteiger partial charge in [-0.15, -0.1) is 0 Å². The fourth-order valence-electron chi connectivity index (χ4n) is 2.00. The second-order valence-corrected chi connectivity index (χ2v) is 6.44. The van der Waals surface area contributed by atoms with E-state index in [4.69, 9.17) is 16.3 Å². The van der Waals surface area contributed by atoms with Gasteiger partial charge in [-0.1, -0.05) is 29.8 Å². The van der Waals surface area contributed by atoms with Crippen LogP contribution in [0.4, 0.5) is 5.69 Å². The average molecular weight is 340 g/mol. The monoisotopic (exact) mass is 339 g/mol. The molecule has 1 atom stereocenters. The highest BCUT2D eigenvalue weighted by molar-refractivity contribution is 7.83. The van der Waals surface area contributed by atoms with E-state index in [-0.39, 0.29) is 17.2 Å². The van der Waals surface area contributed by atoms with Gasteiger partial charge in [0.05, 0.1) is 23.5 Å². The number of non-ortho nitro benzene ring substituents is 1. The van der Waals surface area contributed by atoms with Crippen LogP contribution in [-0.4, -0.2) is 16.2 Å². The fraction of sp³-hybridized carbons (Fsp3) is 0.200. The molecular weight excluding hydrogens is 326 g/mol. The molecule has 116 valence electrons. The maximum Gasteiger partial charge on any atom is 0.270 e. The summed E-state index contributed by atoms with van der Waals surface area (Å²) in [5.74, 6) is 0.930. The quantitative estimate of drug-likeness (QED) is 0.594. The summed E-state index contributed by atoms with van der Waals surface area (Å²) in [5, 5.41) is 11.4. The van der Waals surface area contributed by atoms with Crippen LogP contribution in [0.2, 0.25) is 5.02 Å². The number of nitrogens with zero attached hydrogens (tertiary/aromatic N) is 1. The Kier molecular flexibility index (Phi) is 5.51. The van der Waals surface area contributed by atoms with Crippen LogP contribution < -0.4 is 4.74 Å². The molecule has 2 aromatic carbocycles. The highest BCUT2D eigenvalue weighted by atomic mass is 35.5. The van der Waals surface area contributed by atoms with Gasteiger partial charge in [-0.05, 0) is 17.7 Å². The van der Waals surface area contributed by atoms with Crippen LogP contribution in [-0.2, 0) is 22.3 Å². The summed E-state index contributed by atoms with van der Waals surface area (Å²) in [7, 11) is 0.221. The maximum atomic E-state index is 12.3. The van der Waals surface area contributed by atoms with E-state index in [1.807, 2.05) is 12.1 Å². The zero-order chi connectivity index (χ0) is 16.1. The zero-order valence-corrected chi connectivity index (χ0v) is 13.4. The molecule has 0 aliphatic heterocycles.